The number of hydrogen-bond donors (Lipinski definition) is 1. The van der Waals surface area contributed by atoms with Crippen molar-refractivity contribution in [1.29, 1.82) is 0 Å². The molecule has 2 atom stereocenters. The topological polar surface area (TPSA) is 135 Å². The lowest BCUT2D eigenvalue weighted by molar-refractivity contribution is -0.228. The molecule has 142 valence electrons. The molecule has 1 aliphatic rings. The molecule has 25 heavy (non-hydrogen) atoms. The second kappa shape index (κ2) is 7.79. The van der Waals surface area contributed by atoms with E-state index in [1.807, 2.05) is 0 Å². The van der Waals surface area contributed by atoms with Gasteiger partial charge in [0, 0.05) is 0 Å². The van der Waals surface area contributed by atoms with Gasteiger partial charge in [-0.05, 0) is 34.6 Å². The third-order valence-electron chi connectivity index (χ3n) is 2.83. The van der Waals surface area contributed by atoms with E-state index in [1.165, 1.54) is 13.8 Å². The van der Waals surface area contributed by atoms with Crippen molar-refractivity contribution in [3.05, 3.63) is 0 Å². The summed E-state index contributed by atoms with van der Waals surface area (Å²) in [5.74, 6) is -8.16. The van der Waals surface area contributed by atoms with E-state index in [0.29, 0.717) is 0 Å². The van der Waals surface area contributed by atoms with Crippen molar-refractivity contribution in [2.24, 2.45) is 0 Å². The van der Waals surface area contributed by atoms with Crippen molar-refractivity contribution in [2.75, 3.05) is 13.2 Å². The molecule has 0 aliphatic carbocycles. The summed E-state index contributed by atoms with van der Waals surface area (Å²) in [5.41, 5.74) is -0.956. The molecule has 0 unspecified atom stereocenters. The SMILES string of the molecule is CCOC(=O)C1(C(=O)OCC)O[C@@H](C(=O)O)[C@H](C(=O)OC(C)(C)C)O1. The summed E-state index contributed by atoms with van der Waals surface area (Å²) >= 11 is 0. The van der Waals surface area contributed by atoms with Crippen LogP contribution in [0, 0.1) is 0 Å². The van der Waals surface area contributed by atoms with Crippen molar-refractivity contribution < 1.29 is 48.0 Å². The maximum absolute atomic E-state index is 12.2. The molecule has 1 aliphatic heterocycles. The lowest BCUT2D eigenvalue weighted by Gasteiger charge is -2.24. The predicted octanol–water partition coefficient (Wildman–Crippen LogP) is 0.0192. The molecule has 0 saturated carbocycles. The van der Waals surface area contributed by atoms with E-state index < -0.39 is 47.5 Å². The highest BCUT2D eigenvalue weighted by Gasteiger charge is 2.65. The first-order chi connectivity index (χ1) is 11.5. The van der Waals surface area contributed by atoms with Gasteiger partial charge in [-0.25, -0.2) is 19.2 Å². The van der Waals surface area contributed by atoms with Gasteiger partial charge in [-0.2, -0.15) is 0 Å². The molecule has 10 nitrogen and oxygen atoms in total. The molecule has 0 amide bonds. The van der Waals surface area contributed by atoms with Gasteiger partial charge in [-0.3, -0.25) is 0 Å². The number of ether oxygens (including phenoxy) is 5. The van der Waals surface area contributed by atoms with Crippen molar-refractivity contribution in [3.8, 4) is 0 Å². The first-order valence-electron chi connectivity index (χ1n) is 7.64. The number of aliphatic carboxylic acids is 1. The van der Waals surface area contributed by atoms with Crippen molar-refractivity contribution in [1.82, 2.24) is 0 Å². The molecule has 0 aromatic rings. The molecule has 1 rings (SSSR count). The highest BCUT2D eigenvalue weighted by molar-refractivity contribution is 6.03. The van der Waals surface area contributed by atoms with Gasteiger partial charge in [0.15, 0.2) is 12.2 Å². The molecule has 1 N–H and O–H groups in total. The van der Waals surface area contributed by atoms with E-state index in [9.17, 15) is 24.3 Å². The maximum atomic E-state index is 12.2. The highest BCUT2D eigenvalue weighted by atomic mass is 16.8. The third-order valence-corrected chi connectivity index (χ3v) is 2.83. The zero-order chi connectivity index (χ0) is 19.4. The number of esters is 3. The van der Waals surface area contributed by atoms with Gasteiger partial charge in [0.05, 0.1) is 13.2 Å². The minimum atomic E-state index is -2.81. The Labute approximate surface area is 144 Å². The van der Waals surface area contributed by atoms with Crippen molar-refractivity contribution in [2.45, 2.75) is 58.2 Å². The zero-order valence-electron chi connectivity index (χ0n) is 14.7. The summed E-state index contributed by atoms with van der Waals surface area (Å²) in [6, 6.07) is 0. The second-order valence-electron chi connectivity index (χ2n) is 6.01. The summed E-state index contributed by atoms with van der Waals surface area (Å²) < 4.78 is 24.6. The molecule has 10 heteroatoms. The lowest BCUT2D eigenvalue weighted by atomic mass is 10.1. The normalized spacial score (nSPS) is 22.1. The van der Waals surface area contributed by atoms with Crippen molar-refractivity contribution >= 4 is 23.9 Å². The third kappa shape index (κ3) is 4.67. The first kappa shape index (κ1) is 20.8. The van der Waals surface area contributed by atoms with Gasteiger partial charge in [0.2, 0.25) is 0 Å². The van der Waals surface area contributed by atoms with Crippen LogP contribution in [0.4, 0.5) is 0 Å². The molecular formula is C15H22O10. The standard InChI is InChI=1S/C15H22O10/c1-6-21-12(19)15(13(20)22-7-2)23-8(10(16)17)9(24-15)11(18)25-14(3,4)5/h8-9H,6-7H2,1-5H3,(H,16,17)/t8-,9-/m1/s1. The van der Waals surface area contributed by atoms with E-state index >= 15 is 0 Å². The van der Waals surface area contributed by atoms with E-state index in [-0.39, 0.29) is 13.2 Å². The minimum absolute atomic E-state index is 0.137. The van der Waals surface area contributed by atoms with Crippen molar-refractivity contribution in [3.63, 3.8) is 0 Å². The Morgan fingerprint density at radius 3 is 1.76 bits per heavy atom. The smallest absolute Gasteiger partial charge is 0.379 e. The molecule has 0 aromatic heterocycles. The summed E-state index contributed by atoms with van der Waals surface area (Å²) in [6.45, 7) is 7.32. The fourth-order valence-electron chi connectivity index (χ4n) is 1.95. The Bertz CT molecular complexity index is 529. The minimum Gasteiger partial charge on any atom is -0.479 e. The van der Waals surface area contributed by atoms with E-state index in [2.05, 4.69) is 0 Å². The van der Waals surface area contributed by atoms with Crippen LogP contribution in [-0.4, -0.2) is 65.8 Å². The van der Waals surface area contributed by atoms with E-state index in [4.69, 9.17) is 23.7 Å². The predicted molar refractivity (Wildman–Crippen MR) is 79.2 cm³/mol. The monoisotopic (exact) mass is 362 g/mol. The van der Waals surface area contributed by atoms with Crippen LogP contribution in [0.1, 0.15) is 34.6 Å². The van der Waals surface area contributed by atoms with Gasteiger partial charge in [0.25, 0.3) is 0 Å². The van der Waals surface area contributed by atoms with Crippen LogP contribution >= 0.6 is 0 Å². The van der Waals surface area contributed by atoms with Gasteiger partial charge in [-0.1, -0.05) is 0 Å². The van der Waals surface area contributed by atoms with Gasteiger partial charge < -0.3 is 28.8 Å². The molecule has 1 heterocycles. The molecule has 0 spiro atoms. The molecule has 0 radical (unpaired) electrons. The van der Waals surface area contributed by atoms with Crippen LogP contribution in [0.15, 0.2) is 0 Å². The largest absolute Gasteiger partial charge is 0.479 e. The number of carbonyl (C=O) groups excluding carboxylic acids is 3. The molecule has 0 aromatic carbocycles. The number of rotatable bonds is 6. The van der Waals surface area contributed by atoms with Gasteiger partial charge in [0.1, 0.15) is 5.60 Å². The Morgan fingerprint density at radius 2 is 1.40 bits per heavy atom. The maximum Gasteiger partial charge on any atom is 0.379 e. The Morgan fingerprint density at radius 1 is 0.960 bits per heavy atom. The molecule has 0 bridgehead atoms. The molecule has 1 fully saturated rings. The lowest BCUT2D eigenvalue weighted by Crippen LogP contribution is -2.51. The second-order valence-corrected chi connectivity index (χ2v) is 6.01. The van der Waals surface area contributed by atoms with Gasteiger partial charge in [-0.15, -0.1) is 0 Å². The summed E-state index contributed by atoms with van der Waals surface area (Å²) in [5, 5.41) is 9.27. The zero-order valence-corrected chi connectivity index (χ0v) is 14.7. The quantitative estimate of drug-likeness (QED) is 0.391. The Balaban J connectivity index is 3.24. The van der Waals surface area contributed by atoms with Crippen LogP contribution in [0.5, 0.6) is 0 Å². The molecular weight excluding hydrogens is 340 g/mol. The Hall–Kier alpha value is -2.20. The van der Waals surface area contributed by atoms with E-state index in [0.717, 1.165) is 0 Å². The Kier molecular flexibility index (Phi) is 6.49. The van der Waals surface area contributed by atoms with Crippen LogP contribution in [0.2, 0.25) is 0 Å². The molecule has 1 saturated heterocycles. The average Bonchev–Trinajstić information content (AvgIpc) is 2.88. The highest BCUT2D eigenvalue weighted by Crippen LogP contribution is 2.33. The van der Waals surface area contributed by atoms with Crippen LogP contribution in [0.25, 0.3) is 0 Å². The average molecular weight is 362 g/mol. The summed E-state index contributed by atoms with van der Waals surface area (Å²) in [6.07, 6.45) is -3.81. The van der Waals surface area contributed by atoms with Crippen LogP contribution < -0.4 is 0 Å². The first-order valence-corrected chi connectivity index (χ1v) is 7.64. The number of carboxylic acid groups (broad SMARTS) is 1. The van der Waals surface area contributed by atoms with E-state index in [1.54, 1.807) is 20.8 Å². The number of carboxylic acids is 1. The van der Waals surface area contributed by atoms with Gasteiger partial charge >= 0.3 is 29.7 Å². The summed E-state index contributed by atoms with van der Waals surface area (Å²) in [7, 11) is 0. The summed E-state index contributed by atoms with van der Waals surface area (Å²) in [4.78, 5) is 48.0. The fraction of sp³-hybridized carbons (Fsp3) is 0.733. The van der Waals surface area contributed by atoms with Crippen LogP contribution in [0.3, 0.4) is 0 Å². The number of hydrogen-bond acceptors (Lipinski definition) is 9. The fourth-order valence-corrected chi connectivity index (χ4v) is 1.95. The van der Waals surface area contributed by atoms with Crippen LogP contribution in [-0.2, 0) is 42.9 Å². The number of carbonyl (C=O) groups is 4.